The van der Waals surface area contributed by atoms with Gasteiger partial charge >= 0.3 is 0 Å². The molecule has 1 heterocycles. The third kappa shape index (κ3) is 3.53. The number of anilines is 2. The van der Waals surface area contributed by atoms with Crippen LogP contribution in [0.3, 0.4) is 0 Å². The van der Waals surface area contributed by atoms with E-state index in [1.165, 1.54) is 25.0 Å². The van der Waals surface area contributed by atoms with E-state index in [1.807, 2.05) is 11.8 Å². The molecule has 0 bridgehead atoms. The summed E-state index contributed by atoms with van der Waals surface area (Å²) < 4.78 is 0. The first-order valence-corrected chi connectivity index (χ1v) is 7.91. The first kappa shape index (κ1) is 14.9. The maximum atomic E-state index is 10.9. The number of thioether (sulfide) groups is 1. The molecule has 0 saturated heterocycles. The van der Waals surface area contributed by atoms with Crippen molar-refractivity contribution < 1.29 is 4.92 Å². The quantitative estimate of drug-likeness (QED) is 0.620. The van der Waals surface area contributed by atoms with E-state index in [1.54, 1.807) is 7.05 Å². The Bertz CT molecular complexity index is 483. The van der Waals surface area contributed by atoms with Crippen molar-refractivity contribution in [3.63, 3.8) is 0 Å². The zero-order chi connectivity index (χ0) is 14.5. The molecule has 1 aliphatic rings. The van der Waals surface area contributed by atoms with Crippen molar-refractivity contribution in [3.8, 4) is 0 Å². The minimum Gasteiger partial charge on any atom is -0.373 e. The molecule has 0 aromatic carbocycles. The van der Waals surface area contributed by atoms with E-state index in [0.29, 0.717) is 22.9 Å². The fourth-order valence-corrected chi connectivity index (χ4v) is 3.72. The van der Waals surface area contributed by atoms with Gasteiger partial charge in [-0.25, -0.2) is 4.98 Å². The van der Waals surface area contributed by atoms with Crippen LogP contribution in [0.4, 0.5) is 17.3 Å². The van der Waals surface area contributed by atoms with Crippen molar-refractivity contribution in [2.75, 3.05) is 23.4 Å². The van der Waals surface area contributed by atoms with E-state index in [4.69, 9.17) is 0 Å². The summed E-state index contributed by atoms with van der Waals surface area (Å²) in [5.74, 6) is 2.18. The van der Waals surface area contributed by atoms with Crippen molar-refractivity contribution in [1.29, 1.82) is 0 Å². The van der Waals surface area contributed by atoms with E-state index in [9.17, 15) is 10.1 Å². The summed E-state index contributed by atoms with van der Waals surface area (Å²) >= 11 is 1.95. The summed E-state index contributed by atoms with van der Waals surface area (Å²) in [7, 11) is 1.71. The summed E-state index contributed by atoms with van der Waals surface area (Å²) in [6.45, 7) is 2.16. The van der Waals surface area contributed by atoms with Gasteiger partial charge in [0.05, 0.1) is 17.1 Å². The van der Waals surface area contributed by atoms with Gasteiger partial charge in [-0.15, -0.1) is 0 Å². The van der Waals surface area contributed by atoms with Crippen LogP contribution in [0.1, 0.15) is 26.2 Å². The highest BCUT2D eigenvalue weighted by atomic mass is 32.2. The monoisotopic (exact) mass is 296 g/mol. The number of nitrogens with zero attached hydrogens (tertiary/aromatic N) is 2. The standard InChI is InChI=1S/C13H20N4O2S/c1-3-20-11-6-4-5-10(11)15-13-8-9(17(18)19)7-12(14-2)16-13/h7-8,10-11H,3-6H2,1-2H3,(H2,14,15,16). The van der Waals surface area contributed by atoms with Crippen molar-refractivity contribution >= 4 is 29.1 Å². The molecule has 2 rings (SSSR count). The summed E-state index contributed by atoms with van der Waals surface area (Å²) in [5, 5.41) is 17.7. The number of pyridine rings is 1. The Labute approximate surface area is 122 Å². The smallest absolute Gasteiger partial charge is 0.276 e. The second-order valence-corrected chi connectivity index (χ2v) is 6.29. The molecule has 0 radical (unpaired) electrons. The topological polar surface area (TPSA) is 80.1 Å². The molecular formula is C13H20N4O2S. The van der Waals surface area contributed by atoms with E-state index < -0.39 is 0 Å². The summed E-state index contributed by atoms with van der Waals surface area (Å²) in [6.07, 6.45) is 3.49. The number of rotatable bonds is 6. The fraction of sp³-hybridized carbons (Fsp3) is 0.615. The number of nitro groups is 1. The minimum absolute atomic E-state index is 0.0598. The summed E-state index contributed by atoms with van der Waals surface area (Å²) in [4.78, 5) is 14.9. The van der Waals surface area contributed by atoms with Crippen LogP contribution in [-0.4, -0.2) is 34.0 Å². The average Bonchev–Trinajstić information content (AvgIpc) is 2.86. The maximum absolute atomic E-state index is 10.9. The molecule has 0 aliphatic heterocycles. The highest BCUT2D eigenvalue weighted by Gasteiger charge is 2.27. The van der Waals surface area contributed by atoms with Gasteiger partial charge < -0.3 is 10.6 Å². The second-order valence-electron chi connectivity index (χ2n) is 4.78. The van der Waals surface area contributed by atoms with Gasteiger partial charge in [0.2, 0.25) is 0 Å². The molecule has 2 atom stereocenters. The van der Waals surface area contributed by atoms with Gasteiger partial charge in [0.1, 0.15) is 11.6 Å². The largest absolute Gasteiger partial charge is 0.373 e. The van der Waals surface area contributed by atoms with Crippen molar-refractivity contribution in [2.45, 2.75) is 37.5 Å². The van der Waals surface area contributed by atoms with E-state index in [-0.39, 0.29) is 10.6 Å². The van der Waals surface area contributed by atoms with Gasteiger partial charge in [0.15, 0.2) is 0 Å². The predicted molar refractivity (Wildman–Crippen MR) is 83.6 cm³/mol. The third-order valence-corrected chi connectivity index (χ3v) is 4.77. The SMILES string of the molecule is CCSC1CCCC1Nc1cc([N+](=O)[O-])cc(NC)n1. The molecule has 2 unspecified atom stereocenters. The van der Waals surface area contributed by atoms with Gasteiger partial charge in [0, 0.05) is 18.3 Å². The molecular weight excluding hydrogens is 276 g/mol. The van der Waals surface area contributed by atoms with Crippen molar-refractivity contribution in [3.05, 3.63) is 22.2 Å². The zero-order valence-corrected chi connectivity index (χ0v) is 12.6. The molecule has 2 N–H and O–H groups in total. The number of nitrogens with one attached hydrogen (secondary N) is 2. The van der Waals surface area contributed by atoms with Gasteiger partial charge in [-0.1, -0.05) is 13.3 Å². The van der Waals surface area contributed by atoms with E-state index in [2.05, 4.69) is 22.5 Å². The average molecular weight is 296 g/mol. The lowest BCUT2D eigenvalue weighted by Gasteiger charge is -2.20. The fourth-order valence-electron chi connectivity index (χ4n) is 2.52. The number of aromatic nitrogens is 1. The highest BCUT2D eigenvalue weighted by Crippen LogP contribution is 2.32. The maximum Gasteiger partial charge on any atom is 0.276 e. The van der Waals surface area contributed by atoms with Gasteiger partial charge in [-0.3, -0.25) is 10.1 Å². The molecule has 7 heteroatoms. The lowest BCUT2D eigenvalue weighted by molar-refractivity contribution is -0.384. The highest BCUT2D eigenvalue weighted by molar-refractivity contribution is 7.99. The first-order valence-electron chi connectivity index (χ1n) is 6.86. The van der Waals surface area contributed by atoms with E-state index in [0.717, 1.165) is 12.2 Å². The lowest BCUT2D eigenvalue weighted by Crippen LogP contribution is -2.26. The van der Waals surface area contributed by atoms with Crippen LogP contribution in [-0.2, 0) is 0 Å². The molecule has 110 valence electrons. The Balaban J connectivity index is 2.15. The van der Waals surface area contributed by atoms with Crippen LogP contribution in [0.25, 0.3) is 0 Å². The van der Waals surface area contributed by atoms with Crippen LogP contribution in [0.15, 0.2) is 12.1 Å². The van der Waals surface area contributed by atoms with Crippen LogP contribution in [0.2, 0.25) is 0 Å². The molecule has 6 nitrogen and oxygen atoms in total. The van der Waals surface area contributed by atoms with Crippen LogP contribution >= 0.6 is 11.8 Å². The van der Waals surface area contributed by atoms with Gasteiger partial charge in [-0.2, -0.15) is 11.8 Å². The molecule has 20 heavy (non-hydrogen) atoms. The van der Waals surface area contributed by atoms with Crippen LogP contribution in [0, 0.1) is 10.1 Å². The summed E-state index contributed by atoms with van der Waals surface area (Å²) in [6, 6.07) is 3.30. The van der Waals surface area contributed by atoms with Gasteiger partial charge in [-0.05, 0) is 18.6 Å². The normalized spacial score (nSPS) is 21.7. The Morgan fingerprint density at radius 2 is 2.20 bits per heavy atom. The number of hydrogen-bond donors (Lipinski definition) is 2. The molecule has 1 aromatic rings. The molecule has 1 saturated carbocycles. The molecule has 0 amide bonds. The van der Waals surface area contributed by atoms with Crippen LogP contribution in [0.5, 0.6) is 0 Å². The van der Waals surface area contributed by atoms with Crippen molar-refractivity contribution in [2.24, 2.45) is 0 Å². The van der Waals surface area contributed by atoms with Crippen molar-refractivity contribution in [1.82, 2.24) is 4.98 Å². The molecule has 1 aromatic heterocycles. The Morgan fingerprint density at radius 1 is 1.45 bits per heavy atom. The Hall–Kier alpha value is -1.50. The first-order chi connectivity index (χ1) is 9.63. The molecule has 0 spiro atoms. The van der Waals surface area contributed by atoms with E-state index >= 15 is 0 Å². The Kier molecular flexibility index (Phi) is 5.05. The third-order valence-electron chi connectivity index (χ3n) is 3.44. The molecule has 1 aliphatic carbocycles. The zero-order valence-electron chi connectivity index (χ0n) is 11.8. The predicted octanol–water partition coefficient (Wildman–Crippen LogP) is 3.12. The minimum atomic E-state index is -0.388. The molecule has 1 fully saturated rings. The Morgan fingerprint density at radius 3 is 2.85 bits per heavy atom. The second kappa shape index (κ2) is 6.78. The van der Waals surface area contributed by atoms with Crippen LogP contribution < -0.4 is 10.6 Å². The van der Waals surface area contributed by atoms with Gasteiger partial charge in [0.25, 0.3) is 5.69 Å². The number of hydrogen-bond acceptors (Lipinski definition) is 6. The lowest BCUT2D eigenvalue weighted by atomic mass is 10.2. The summed E-state index contributed by atoms with van der Waals surface area (Å²) in [5.41, 5.74) is 0.0598.